The van der Waals surface area contributed by atoms with Gasteiger partial charge >= 0.3 is 6.18 Å². The largest absolute Gasteiger partial charge is 0.453 e. The van der Waals surface area contributed by atoms with Crippen LogP contribution in [0.2, 0.25) is 0 Å². The van der Waals surface area contributed by atoms with Crippen LogP contribution in [-0.4, -0.2) is 26.4 Å². The van der Waals surface area contributed by atoms with Crippen LogP contribution in [0.15, 0.2) is 36.4 Å². The lowest BCUT2D eigenvalue weighted by Gasteiger charge is -2.26. The predicted octanol–water partition coefficient (Wildman–Crippen LogP) is 3.79. The summed E-state index contributed by atoms with van der Waals surface area (Å²) < 4.78 is 40.0. The van der Waals surface area contributed by atoms with E-state index in [9.17, 15) is 13.2 Å². The van der Waals surface area contributed by atoms with E-state index in [4.69, 9.17) is 0 Å². The van der Waals surface area contributed by atoms with Gasteiger partial charge in [0.1, 0.15) is 5.82 Å². The highest BCUT2D eigenvalue weighted by atomic mass is 19.4. The molecule has 0 amide bonds. The number of rotatable bonds is 2. The van der Waals surface area contributed by atoms with Crippen LogP contribution >= 0.6 is 0 Å². The summed E-state index contributed by atoms with van der Waals surface area (Å²) in [5.74, 6) is -0.601. The number of nitrogens with zero attached hydrogens (tertiary/aromatic N) is 5. The Morgan fingerprint density at radius 3 is 2.52 bits per heavy atom. The fourth-order valence-corrected chi connectivity index (χ4v) is 3.29. The molecule has 5 nitrogen and oxygen atoms in total. The van der Waals surface area contributed by atoms with Crippen LogP contribution in [-0.2, 0) is 6.18 Å². The number of halogens is 3. The van der Waals surface area contributed by atoms with Crippen LogP contribution in [0.1, 0.15) is 35.8 Å². The zero-order valence-electron chi connectivity index (χ0n) is 13.5. The van der Waals surface area contributed by atoms with E-state index in [0.717, 1.165) is 29.5 Å². The Hall–Kier alpha value is -2.64. The highest BCUT2D eigenvalue weighted by Gasteiger charge is 2.38. The summed E-state index contributed by atoms with van der Waals surface area (Å²) in [6, 6.07) is 11.6. The van der Waals surface area contributed by atoms with Gasteiger partial charge in [-0.05, 0) is 37.5 Å². The van der Waals surface area contributed by atoms with Gasteiger partial charge in [0.15, 0.2) is 5.65 Å². The summed E-state index contributed by atoms with van der Waals surface area (Å²) in [4.78, 5) is 2.05. The number of hydrogen-bond donors (Lipinski definition) is 0. The maximum Gasteiger partial charge on any atom is 0.453 e. The van der Waals surface area contributed by atoms with E-state index >= 15 is 0 Å². The summed E-state index contributed by atoms with van der Waals surface area (Å²) in [6.45, 7) is 2.77. The van der Waals surface area contributed by atoms with E-state index in [1.807, 2.05) is 24.0 Å². The van der Waals surface area contributed by atoms with Gasteiger partial charge in [0.25, 0.3) is 5.82 Å². The van der Waals surface area contributed by atoms with Gasteiger partial charge in [-0.2, -0.15) is 17.7 Å². The molecule has 1 aliphatic heterocycles. The zero-order chi connectivity index (χ0) is 17.6. The normalized spacial score (nSPS) is 18.2. The fourth-order valence-electron chi connectivity index (χ4n) is 3.29. The molecule has 1 unspecified atom stereocenters. The van der Waals surface area contributed by atoms with Gasteiger partial charge in [0.05, 0.1) is 6.04 Å². The number of anilines is 1. The van der Waals surface area contributed by atoms with Gasteiger partial charge in [-0.25, -0.2) is 0 Å². The minimum absolute atomic E-state index is 0.0853. The van der Waals surface area contributed by atoms with Crippen molar-refractivity contribution in [3.05, 3.63) is 53.3 Å². The Labute approximate surface area is 142 Å². The topological polar surface area (TPSA) is 46.3 Å². The van der Waals surface area contributed by atoms with Crippen LogP contribution in [0, 0.1) is 6.92 Å². The molecule has 25 heavy (non-hydrogen) atoms. The van der Waals surface area contributed by atoms with Crippen LogP contribution in [0.4, 0.5) is 19.0 Å². The second kappa shape index (κ2) is 5.72. The van der Waals surface area contributed by atoms with E-state index < -0.39 is 12.0 Å². The second-order valence-corrected chi connectivity index (χ2v) is 6.25. The molecule has 1 saturated heterocycles. The molecule has 1 aromatic carbocycles. The number of fused-ring (bicyclic) bond motifs is 1. The third-order valence-corrected chi connectivity index (χ3v) is 4.51. The average Bonchev–Trinajstić information content (AvgIpc) is 3.21. The van der Waals surface area contributed by atoms with Crippen molar-refractivity contribution >= 4 is 11.5 Å². The molecule has 0 bridgehead atoms. The molecular weight excluding hydrogens is 331 g/mol. The summed E-state index contributed by atoms with van der Waals surface area (Å²) in [6.07, 6.45) is -2.68. The van der Waals surface area contributed by atoms with Gasteiger partial charge in [-0.3, -0.25) is 0 Å². The first-order chi connectivity index (χ1) is 11.9. The van der Waals surface area contributed by atoms with Crippen LogP contribution in [0.5, 0.6) is 0 Å². The monoisotopic (exact) mass is 347 g/mol. The van der Waals surface area contributed by atoms with E-state index in [2.05, 4.69) is 27.4 Å². The number of hydrogen-bond acceptors (Lipinski definition) is 4. The quantitative estimate of drug-likeness (QED) is 0.708. The molecule has 0 spiro atoms. The third kappa shape index (κ3) is 2.81. The Kier molecular flexibility index (Phi) is 3.63. The Balaban J connectivity index is 1.74. The van der Waals surface area contributed by atoms with Crippen LogP contribution < -0.4 is 4.90 Å². The number of aryl methyl sites for hydroxylation is 1. The molecule has 0 N–H and O–H groups in total. The van der Waals surface area contributed by atoms with E-state index in [-0.39, 0.29) is 11.7 Å². The predicted molar refractivity (Wildman–Crippen MR) is 86.3 cm³/mol. The van der Waals surface area contributed by atoms with Crippen molar-refractivity contribution in [2.75, 3.05) is 11.4 Å². The molecule has 1 fully saturated rings. The van der Waals surface area contributed by atoms with Crippen molar-refractivity contribution in [1.29, 1.82) is 0 Å². The molecule has 3 heterocycles. The Bertz CT molecular complexity index is 901. The summed E-state index contributed by atoms with van der Waals surface area (Å²) in [5, 5.41) is 11.0. The average molecular weight is 347 g/mol. The third-order valence-electron chi connectivity index (χ3n) is 4.51. The van der Waals surface area contributed by atoms with Crippen molar-refractivity contribution in [3.63, 3.8) is 0 Å². The van der Waals surface area contributed by atoms with Crippen LogP contribution in [0.25, 0.3) is 5.65 Å². The lowest BCUT2D eigenvalue weighted by atomic mass is 10.0. The minimum atomic E-state index is -4.59. The molecule has 2 aromatic heterocycles. The van der Waals surface area contributed by atoms with Gasteiger partial charge in [-0.1, -0.05) is 29.8 Å². The van der Waals surface area contributed by atoms with E-state index in [1.54, 1.807) is 6.07 Å². The smallest absolute Gasteiger partial charge is 0.348 e. The van der Waals surface area contributed by atoms with Gasteiger partial charge in [-0.15, -0.1) is 15.3 Å². The number of alkyl halides is 3. The minimum Gasteiger partial charge on any atom is -0.348 e. The Morgan fingerprint density at radius 2 is 1.80 bits per heavy atom. The molecule has 1 aliphatic rings. The van der Waals surface area contributed by atoms with Crippen molar-refractivity contribution in [2.24, 2.45) is 0 Å². The summed E-state index contributed by atoms with van der Waals surface area (Å²) in [7, 11) is 0. The van der Waals surface area contributed by atoms with Crippen molar-refractivity contribution in [3.8, 4) is 0 Å². The SMILES string of the molecule is Cc1ccc(C2CCCN2c2ccc3nnc(C(F)(F)F)n3n2)cc1. The zero-order valence-corrected chi connectivity index (χ0v) is 13.5. The first-order valence-corrected chi connectivity index (χ1v) is 8.06. The van der Waals surface area contributed by atoms with Gasteiger partial charge < -0.3 is 4.90 Å². The number of benzene rings is 1. The first-order valence-electron chi connectivity index (χ1n) is 8.06. The summed E-state index contributed by atoms with van der Waals surface area (Å²) in [5.41, 5.74) is 2.40. The van der Waals surface area contributed by atoms with E-state index in [0.29, 0.717) is 5.82 Å². The maximum atomic E-state index is 13.1. The summed E-state index contributed by atoms with van der Waals surface area (Å²) >= 11 is 0. The molecule has 8 heteroatoms. The van der Waals surface area contributed by atoms with Gasteiger partial charge in [0.2, 0.25) is 0 Å². The molecule has 0 saturated carbocycles. The number of aromatic nitrogens is 4. The molecule has 1 atom stereocenters. The van der Waals surface area contributed by atoms with Crippen molar-refractivity contribution in [2.45, 2.75) is 32.0 Å². The Morgan fingerprint density at radius 1 is 1.04 bits per heavy atom. The molecule has 0 aliphatic carbocycles. The lowest BCUT2D eigenvalue weighted by molar-refractivity contribution is -0.146. The van der Waals surface area contributed by atoms with Crippen LogP contribution in [0.3, 0.4) is 0 Å². The molecule has 130 valence electrons. The molecule has 4 rings (SSSR count). The highest BCUT2D eigenvalue weighted by Crippen LogP contribution is 2.35. The fraction of sp³-hybridized carbons (Fsp3) is 0.353. The van der Waals surface area contributed by atoms with Crippen molar-refractivity contribution in [1.82, 2.24) is 19.8 Å². The van der Waals surface area contributed by atoms with Gasteiger partial charge in [0, 0.05) is 6.54 Å². The molecular formula is C17H16F3N5. The second-order valence-electron chi connectivity index (χ2n) is 6.25. The highest BCUT2D eigenvalue weighted by molar-refractivity contribution is 5.49. The standard InChI is InChI=1S/C17H16F3N5/c1-11-4-6-12(7-5-11)13-3-2-10-24(13)15-9-8-14-21-22-16(17(18,19)20)25(14)23-15/h4-9,13H,2-3,10H2,1H3. The van der Waals surface area contributed by atoms with Crippen molar-refractivity contribution < 1.29 is 13.2 Å². The lowest BCUT2D eigenvalue weighted by Crippen LogP contribution is -2.24. The maximum absolute atomic E-state index is 13.1. The first kappa shape index (κ1) is 15.9. The molecule has 0 radical (unpaired) electrons. The van der Waals surface area contributed by atoms with E-state index in [1.165, 1.54) is 11.6 Å². The molecule has 3 aromatic rings.